The topological polar surface area (TPSA) is 58.8 Å². The second-order valence-corrected chi connectivity index (χ2v) is 6.01. The van der Waals surface area contributed by atoms with Crippen LogP contribution in [0.25, 0.3) is 0 Å². The van der Waals surface area contributed by atoms with Crippen LogP contribution in [0.3, 0.4) is 0 Å². The largest absolute Gasteiger partial charge is 0.459 e. The van der Waals surface area contributed by atoms with E-state index >= 15 is 0 Å². The standard InChI is InChI=1S/C17H19N3O3/c21-17(15-4-2-7-22-15)20-6-8-23-16-12-19(11-14(16)20)10-13-3-1-5-18-9-13/h1-5,7,9,14,16H,6,8,10-12H2/t14-,16+/m0/s1. The third-order valence-corrected chi connectivity index (χ3v) is 4.50. The Bertz CT molecular complexity index is 659. The first kappa shape index (κ1) is 14.4. The molecule has 0 unspecified atom stereocenters. The Labute approximate surface area is 134 Å². The van der Waals surface area contributed by atoms with Gasteiger partial charge in [0, 0.05) is 38.6 Å². The zero-order valence-electron chi connectivity index (χ0n) is 12.8. The molecule has 2 aliphatic rings. The molecule has 0 radical (unpaired) electrons. The summed E-state index contributed by atoms with van der Waals surface area (Å²) in [6.07, 6.45) is 5.27. The SMILES string of the molecule is O=C(c1ccco1)N1CCO[C@@H]2CN(Cc3cccnc3)C[C@@H]21. The van der Waals surface area contributed by atoms with Crippen molar-refractivity contribution in [3.05, 3.63) is 54.2 Å². The molecule has 0 N–H and O–H groups in total. The summed E-state index contributed by atoms with van der Waals surface area (Å²) in [7, 11) is 0. The number of morpholine rings is 1. The van der Waals surface area contributed by atoms with Gasteiger partial charge < -0.3 is 14.1 Å². The zero-order chi connectivity index (χ0) is 15.6. The Morgan fingerprint density at radius 1 is 1.30 bits per heavy atom. The average molecular weight is 313 g/mol. The van der Waals surface area contributed by atoms with Crippen LogP contribution in [0.2, 0.25) is 0 Å². The summed E-state index contributed by atoms with van der Waals surface area (Å²) in [5.74, 6) is 0.355. The molecule has 0 saturated carbocycles. The first-order chi connectivity index (χ1) is 11.3. The van der Waals surface area contributed by atoms with Crippen molar-refractivity contribution in [2.24, 2.45) is 0 Å². The van der Waals surface area contributed by atoms with E-state index in [1.165, 1.54) is 11.8 Å². The number of likely N-dealkylation sites (tertiary alicyclic amines) is 1. The Morgan fingerprint density at radius 3 is 3.04 bits per heavy atom. The van der Waals surface area contributed by atoms with E-state index in [1.807, 2.05) is 17.2 Å². The minimum Gasteiger partial charge on any atom is -0.459 e. The maximum atomic E-state index is 12.6. The predicted octanol–water partition coefficient (Wildman–Crippen LogP) is 1.40. The number of nitrogens with zero attached hydrogens (tertiary/aromatic N) is 3. The van der Waals surface area contributed by atoms with Gasteiger partial charge in [-0.1, -0.05) is 6.07 Å². The number of carbonyl (C=O) groups excluding carboxylic acids is 1. The highest BCUT2D eigenvalue weighted by atomic mass is 16.5. The van der Waals surface area contributed by atoms with E-state index in [9.17, 15) is 4.79 Å². The third kappa shape index (κ3) is 2.87. The molecule has 4 heterocycles. The van der Waals surface area contributed by atoms with E-state index in [2.05, 4.69) is 16.0 Å². The highest BCUT2D eigenvalue weighted by Gasteiger charge is 2.42. The van der Waals surface area contributed by atoms with Crippen molar-refractivity contribution >= 4 is 5.91 Å². The minimum absolute atomic E-state index is 0.0449. The summed E-state index contributed by atoms with van der Waals surface area (Å²) in [4.78, 5) is 21.0. The van der Waals surface area contributed by atoms with Crippen LogP contribution < -0.4 is 0 Å². The fourth-order valence-electron chi connectivity index (χ4n) is 3.44. The molecule has 2 atom stereocenters. The first-order valence-corrected chi connectivity index (χ1v) is 7.88. The Morgan fingerprint density at radius 2 is 2.26 bits per heavy atom. The second kappa shape index (κ2) is 6.14. The Hall–Kier alpha value is -2.18. The van der Waals surface area contributed by atoms with Crippen LogP contribution in [0, 0.1) is 0 Å². The lowest BCUT2D eigenvalue weighted by Gasteiger charge is -2.36. The monoisotopic (exact) mass is 313 g/mol. The molecule has 0 aliphatic carbocycles. The molecule has 0 bridgehead atoms. The van der Waals surface area contributed by atoms with E-state index in [1.54, 1.807) is 18.3 Å². The zero-order valence-corrected chi connectivity index (χ0v) is 12.8. The van der Waals surface area contributed by atoms with Crippen LogP contribution in [0.5, 0.6) is 0 Å². The molecule has 2 aliphatic heterocycles. The van der Waals surface area contributed by atoms with Crippen molar-refractivity contribution in [2.75, 3.05) is 26.2 Å². The van der Waals surface area contributed by atoms with Crippen molar-refractivity contribution in [3.63, 3.8) is 0 Å². The molecule has 23 heavy (non-hydrogen) atoms. The third-order valence-electron chi connectivity index (χ3n) is 4.50. The smallest absolute Gasteiger partial charge is 0.290 e. The number of fused-ring (bicyclic) bond motifs is 1. The molecule has 120 valence electrons. The summed E-state index contributed by atoms with van der Waals surface area (Å²) in [5, 5.41) is 0. The number of ether oxygens (including phenoxy) is 1. The number of hydrogen-bond donors (Lipinski definition) is 0. The summed E-state index contributed by atoms with van der Waals surface area (Å²) < 4.78 is 11.2. The van der Waals surface area contributed by atoms with Crippen LogP contribution >= 0.6 is 0 Å². The summed E-state index contributed by atoms with van der Waals surface area (Å²) >= 11 is 0. The lowest BCUT2D eigenvalue weighted by molar-refractivity contribution is -0.0380. The minimum atomic E-state index is -0.0449. The second-order valence-electron chi connectivity index (χ2n) is 6.01. The highest BCUT2D eigenvalue weighted by molar-refractivity contribution is 5.91. The van der Waals surface area contributed by atoms with E-state index in [0.717, 1.165) is 19.6 Å². The lowest BCUT2D eigenvalue weighted by Crippen LogP contribution is -2.53. The number of rotatable bonds is 3. The van der Waals surface area contributed by atoms with Crippen molar-refractivity contribution in [1.82, 2.24) is 14.8 Å². The van der Waals surface area contributed by atoms with Crippen LogP contribution in [0.4, 0.5) is 0 Å². The number of furan rings is 1. The maximum absolute atomic E-state index is 12.6. The van der Waals surface area contributed by atoms with Crippen LogP contribution in [-0.4, -0.2) is 59.1 Å². The fraction of sp³-hybridized carbons (Fsp3) is 0.412. The normalized spacial score (nSPS) is 24.6. The molecule has 0 aromatic carbocycles. The summed E-state index contributed by atoms with van der Waals surface area (Å²) in [6, 6.07) is 7.56. The average Bonchev–Trinajstić information content (AvgIpc) is 3.24. The van der Waals surface area contributed by atoms with Gasteiger partial charge >= 0.3 is 0 Å². The molecule has 0 spiro atoms. The van der Waals surface area contributed by atoms with Crippen LogP contribution in [-0.2, 0) is 11.3 Å². The van der Waals surface area contributed by atoms with Gasteiger partial charge in [0.15, 0.2) is 5.76 Å². The molecular formula is C17H19N3O3. The van der Waals surface area contributed by atoms with Crippen LogP contribution in [0.15, 0.2) is 47.3 Å². The van der Waals surface area contributed by atoms with Crippen molar-refractivity contribution in [1.29, 1.82) is 0 Å². The molecule has 4 rings (SSSR count). The molecule has 2 aromatic rings. The predicted molar refractivity (Wildman–Crippen MR) is 82.8 cm³/mol. The quantitative estimate of drug-likeness (QED) is 0.857. The first-order valence-electron chi connectivity index (χ1n) is 7.88. The fourth-order valence-corrected chi connectivity index (χ4v) is 3.44. The number of amides is 1. The number of pyridine rings is 1. The van der Waals surface area contributed by atoms with E-state index in [4.69, 9.17) is 9.15 Å². The van der Waals surface area contributed by atoms with Gasteiger partial charge in [-0.15, -0.1) is 0 Å². The highest BCUT2D eigenvalue weighted by Crippen LogP contribution is 2.25. The molecule has 2 saturated heterocycles. The number of hydrogen-bond acceptors (Lipinski definition) is 5. The molecule has 6 nitrogen and oxygen atoms in total. The van der Waals surface area contributed by atoms with Crippen molar-refractivity contribution in [2.45, 2.75) is 18.7 Å². The van der Waals surface area contributed by atoms with Gasteiger partial charge in [-0.05, 0) is 23.8 Å². The maximum Gasteiger partial charge on any atom is 0.290 e. The summed E-state index contributed by atoms with van der Waals surface area (Å²) in [5.41, 5.74) is 1.18. The van der Waals surface area contributed by atoms with Crippen LogP contribution in [0.1, 0.15) is 16.1 Å². The van der Waals surface area contributed by atoms with Gasteiger partial charge in [-0.2, -0.15) is 0 Å². The molecule has 6 heteroatoms. The summed E-state index contributed by atoms with van der Waals surface area (Å²) in [6.45, 7) is 3.66. The Kier molecular flexibility index (Phi) is 3.85. The lowest BCUT2D eigenvalue weighted by atomic mass is 10.1. The van der Waals surface area contributed by atoms with Gasteiger partial charge in [0.05, 0.1) is 25.0 Å². The van der Waals surface area contributed by atoms with E-state index in [-0.39, 0.29) is 18.1 Å². The number of carbonyl (C=O) groups is 1. The van der Waals surface area contributed by atoms with Gasteiger partial charge in [0.2, 0.25) is 0 Å². The Balaban J connectivity index is 1.47. The van der Waals surface area contributed by atoms with Crippen molar-refractivity contribution in [3.8, 4) is 0 Å². The van der Waals surface area contributed by atoms with E-state index < -0.39 is 0 Å². The van der Waals surface area contributed by atoms with Gasteiger partial charge in [-0.3, -0.25) is 14.7 Å². The van der Waals surface area contributed by atoms with E-state index in [0.29, 0.717) is 18.9 Å². The number of aromatic nitrogens is 1. The van der Waals surface area contributed by atoms with Gasteiger partial charge in [-0.25, -0.2) is 0 Å². The van der Waals surface area contributed by atoms with Gasteiger partial charge in [0.1, 0.15) is 0 Å². The molecule has 2 fully saturated rings. The van der Waals surface area contributed by atoms with Gasteiger partial charge in [0.25, 0.3) is 5.91 Å². The van der Waals surface area contributed by atoms with Crippen molar-refractivity contribution < 1.29 is 13.9 Å². The molecular weight excluding hydrogens is 294 g/mol. The molecule has 2 aromatic heterocycles. The molecule has 1 amide bonds.